The molecule has 1 aromatic carbocycles. The highest BCUT2D eigenvalue weighted by atomic mass is 32.1. The third kappa shape index (κ3) is 2.51. The summed E-state index contributed by atoms with van der Waals surface area (Å²) in [5.41, 5.74) is 5.20. The predicted molar refractivity (Wildman–Crippen MR) is 103 cm³/mol. The van der Waals surface area contributed by atoms with Gasteiger partial charge in [-0.1, -0.05) is 24.3 Å². The first-order valence-electron chi connectivity index (χ1n) is 9.22. The van der Waals surface area contributed by atoms with Gasteiger partial charge in [-0.15, -0.1) is 0 Å². The minimum Gasteiger partial charge on any atom is -0.315 e. The van der Waals surface area contributed by atoms with E-state index in [4.69, 9.17) is 0 Å². The largest absolute Gasteiger partial charge is 0.325 e. The van der Waals surface area contributed by atoms with Crippen molar-refractivity contribution in [3.8, 4) is 0 Å². The van der Waals surface area contributed by atoms with Crippen LogP contribution in [0.1, 0.15) is 36.8 Å². The van der Waals surface area contributed by atoms with Crippen LogP contribution in [-0.4, -0.2) is 29.6 Å². The van der Waals surface area contributed by atoms with Crippen molar-refractivity contribution in [2.24, 2.45) is 0 Å². The summed E-state index contributed by atoms with van der Waals surface area (Å²) in [4.78, 5) is 17.6. The maximum absolute atomic E-state index is 13.4. The lowest BCUT2D eigenvalue weighted by atomic mass is 9.96. The van der Waals surface area contributed by atoms with Crippen molar-refractivity contribution < 1.29 is 4.79 Å². The Labute approximate surface area is 152 Å². The van der Waals surface area contributed by atoms with Crippen LogP contribution in [0.5, 0.6) is 0 Å². The third-order valence-electron chi connectivity index (χ3n) is 5.85. The van der Waals surface area contributed by atoms with Gasteiger partial charge in [0.05, 0.1) is 6.04 Å². The van der Waals surface area contributed by atoms with E-state index >= 15 is 0 Å². The Morgan fingerprint density at radius 3 is 2.92 bits per heavy atom. The van der Waals surface area contributed by atoms with Crippen LogP contribution in [0.3, 0.4) is 0 Å². The van der Waals surface area contributed by atoms with E-state index in [1.165, 1.54) is 16.7 Å². The van der Waals surface area contributed by atoms with E-state index < -0.39 is 0 Å². The molecule has 2 amide bonds. The maximum Gasteiger partial charge on any atom is 0.325 e. The summed E-state index contributed by atoms with van der Waals surface area (Å²) < 4.78 is 0. The number of hydrogen-bond acceptors (Lipinski definition) is 2. The van der Waals surface area contributed by atoms with E-state index in [1.807, 2.05) is 11.0 Å². The smallest absolute Gasteiger partial charge is 0.315 e. The number of amides is 2. The van der Waals surface area contributed by atoms with E-state index in [0.29, 0.717) is 6.04 Å². The van der Waals surface area contributed by atoms with Gasteiger partial charge in [-0.25, -0.2) is 4.79 Å². The first kappa shape index (κ1) is 15.2. The average Bonchev–Trinajstić information content (AvgIpc) is 3.27. The normalized spacial score (nSPS) is 24.9. The molecule has 1 saturated heterocycles. The number of carbonyl (C=O) groups is 1. The van der Waals surface area contributed by atoms with Crippen LogP contribution in [0.2, 0.25) is 0 Å². The molecule has 0 radical (unpaired) electrons. The van der Waals surface area contributed by atoms with Crippen molar-refractivity contribution in [1.29, 1.82) is 0 Å². The maximum atomic E-state index is 13.4. The molecule has 3 aliphatic rings. The molecule has 3 nitrogen and oxygen atoms in total. The minimum atomic E-state index is 0.209. The number of hydrogen-bond donors (Lipinski definition) is 0. The highest BCUT2D eigenvalue weighted by molar-refractivity contribution is 7.08. The first-order chi connectivity index (χ1) is 12.3. The van der Waals surface area contributed by atoms with Gasteiger partial charge < -0.3 is 4.90 Å². The number of rotatable bonds is 1. The number of para-hydroxylation sites is 1. The second kappa shape index (κ2) is 6.03. The van der Waals surface area contributed by atoms with Crippen molar-refractivity contribution in [3.63, 3.8) is 0 Å². The molecule has 2 aromatic rings. The molecule has 1 aromatic heterocycles. The number of aryl methyl sites for hydroxylation is 1. The molecule has 1 fully saturated rings. The Hall–Kier alpha value is -2.07. The zero-order valence-electron chi connectivity index (χ0n) is 14.2. The Balaban J connectivity index is 1.44. The van der Waals surface area contributed by atoms with Gasteiger partial charge in [0.1, 0.15) is 0 Å². The summed E-state index contributed by atoms with van der Waals surface area (Å²) in [7, 11) is 0. The molecule has 0 spiro atoms. The van der Waals surface area contributed by atoms with Crippen LogP contribution < -0.4 is 4.90 Å². The molecule has 0 saturated carbocycles. The highest BCUT2D eigenvalue weighted by Crippen LogP contribution is 2.40. The van der Waals surface area contributed by atoms with Crippen molar-refractivity contribution in [2.75, 3.05) is 11.4 Å². The van der Waals surface area contributed by atoms with E-state index in [0.717, 1.165) is 44.3 Å². The summed E-state index contributed by atoms with van der Waals surface area (Å²) in [6.45, 7) is 0.840. The molecule has 0 N–H and O–H groups in total. The van der Waals surface area contributed by atoms with Crippen molar-refractivity contribution >= 4 is 28.6 Å². The van der Waals surface area contributed by atoms with Crippen LogP contribution in [-0.2, 0) is 6.42 Å². The molecule has 3 aliphatic heterocycles. The summed E-state index contributed by atoms with van der Waals surface area (Å²) >= 11 is 1.75. The topological polar surface area (TPSA) is 23.6 Å². The number of benzene rings is 1. The molecule has 2 atom stereocenters. The molecule has 128 valence electrons. The van der Waals surface area contributed by atoms with E-state index in [9.17, 15) is 4.79 Å². The molecule has 4 heteroatoms. The van der Waals surface area contributed by atoms with Crippen LogP contribution in [0, 0.1) is 0 Å². The number of thiophene rings is 1. The Morgan fingerprint density at radius 1 is 1.16 bits per heavy atom. The van der Waals surface area contributed by atoms with Gasteiger partial charge in [0.25, 0.3) is 0 Å². The minimum absolute atomic E-state index is 0.209. The lowest BCUT2D eigenvalue weighted by Crippen LogP contribution is -2.51. The number of carbonyl (C=O) groups excluding carboxylic acids is 1. The number of fused-ring (bicyclic) bond motifs is 3. The van der Waals surface area contributed by atoms with Gasteiger partial charge in [-0.05, 0) is 71.7 Å². The quantitative estimate of drug-likeness (QED) is 0.714. The number of nitrogens with zero attached hydrogens (tertiary/aromatic N) is 2. The van der Waals surface area contributed by atoms with Gasteiger partial charge in [0.2, 0.25) is 0 Å². The Morgan fingerprint density at radius 2 is 2.08 bits per heavy atom. The van der Waals surface area contributed by atoms with Gasteiger partial charge in [-0.2, -0.15) is 11.3 Å². The van der Waals surface area contributed by atoms with Crippen LogP contribution >= 0.6 is 11.3 Å². The lowest BCUT2D eigenvalue weighted by Gasteiger charge is -2.39. The molecule has 4 heterocycles. The van der Waals surface area contributed by atoms with Crippen molar-refractivity contribution in [2.45, 2.75) is 44.2 Å². The molecular weight excluding hydrogens is 328 g/mol. The van der Waals surface area contributed by atoms with E-state index in [2.05, 4.69) is 46.0 Å². The fraction of sp³-hybridized carbons (Fsp3) is 0.381. The van der Waals surface area contributed by atoms with Crippen LogP contribution in [0.25, 0.3) is 5.57 Å². The zero-order chi connectivity index (χ0) is 16.8. The molecule has 0 aliphatic carbocycles. The third-order valence-corrected chi connectivity index (χ3v) is 6.53. The molecule has 25 heavy (non-hydrogen) atoms. The fourth-order valence-corrected chi connectivity index (χ4v) is 5.34. The number of anilines is 1. The zero-order valence-corrected chi connectivity index (χ0v) is 15.0. The monoisotopic (exact) mass is 350 g/mol. The summed E-state index contributed by atoms with van der Waals surface area (Å²) in [5.74, 6) is 0. The van der Waals surface area contributed by atoms with Crippen LogP contribution in [0.4, 0.5) is 10.5 Å². The van der Waals surface area contributed by atoms with E-state index in [1.54, 1.807) is 11.3 Å². The predicted octanol–water partition coefficient (Wildman–Crippen LogP) is 4.94. The summed E-state index contributed by atoms with van der Waals surface area (Å²) in [6.07, 6.45) is 7.69. The van der Waals surface area contributed by atoms with Crippen LogP contribution in [0.15, 0.2) is 47.2 Å². The average molecular weight is 350 g/mol. The molecule has 2 unspecified atom stereocenters. The second-order valence-corrected chi connectivity index (χ2v) is 8.06. The summed E-state index contributed by atoms with van der Waals surface area (Å²) in [6, 6.07) is 11.4. The van der Waals surface area contributed by atoms with Gasteiger partial charge in [0, 0.05) is 18.3 Å². The van der Waals surface area contributed by atoms with Gasteiger partial charge in [-0.3, -0.25) is 4.90 Å². The Kier molecular flexibility index (Phi) is 3.66. The van der Waals surface area contributed by atoms with Gasteiger partial charge >= 0.3 is 6.03 Å². The number of urea groups is 1. The van der Waals surface area contributed by atoms with Crippen molar-refractivity contribution in [3.05, 3.63) is 58.3 Å². The molecule has 5 rings (SSSR count). The highest BCUT2D eigenvalue weighted by Gasteiger charge is 2.42. The SMILES string of the molecule is O=C(N1CCCc2ccccc21)N1C2C=C(c3ccsc3)CC1CC2. The summed E-state index contributed by atoms with van der Waals surface area (Å²) in [5, 5.41) is 4.36. The van der Waals surface area contributed by atoms with Gasteiger partial charge in [0.15, 0.2) is 0 Å². The lowest BCUT2D eigenvalue weighted by molar-refractivity contribution is 0.186. The fourth-order valence-electron chi connectivity index (χ4n) is 4.66. The first-order valence-corrected chi connectivity index (χ1v) is 10.2. The van der Waals surface area contributed by atoms with Crippen molar-refractivity contribution in [1.82, 2.24) is 4.90 Å². The van der Waals surface area contributed by atoms with E-state index in [-0.39, 0.29) is 12.1 Å². The molecule has 2 bridgehead atoms. The Bertz CT molecular complexity index is 826. The second-order valence-electron chi connectivity index (χ2n) is 7.28. The standard InChI is InChI=1S/C21H22N2OS/c24-21(22-10-3-5-15-4-1-2-6-20(15)22)23-18-7-8-19(23)13-17(12-18)16-9-11-25-14-16/h1-2,4,6,9,11-12,14,18-19H,3,5,7-8,10,13H2. The molecular formula is C21H22N2OS.